The summed E-state index contributed by atoms with van der Waals surface area (Å²) in [7, 11) is 0. The topological polar surface area (TPSA) is 68.3 Å². The van der Waals surface area contributed by atoms with Gasteiger partial charge in [0.25, 0.3) is 0 Å². The lowest BCUT2D eigenvalue weighted by atomic mass is 10.2. The fraction of sp³-hybridized carbons (Fsp3) is 0.500. The molecule has 1 atom stereocenters. The van der Waals surface area contributed by atoms with Crippen LogP contribution in [-0.2, 0) is 0 Å². The number of amidine groups is 1. The van der Waals surface area contributed by atoms with E-state index >= 15 is 0 Å². The molecule has 1 rings (SSSR count). The van der Waals surface area contributed by atoms with Gasteiger partial charge in [-0.25, -0.2) is 0 Å². The minimum Gasteiger partial charge on any atom is -0.490 e. The molecule has 1 aromatic carbocycles. The van der Waals surface area contributed by atoms with Gasteiger partial charge in [0, 0.05) is 6.42 Å². The second-order valence-electron chi connectivity index (χ2n) is 4.17. The third kappa shape index (κ3) is 4.65. The van der Waals surface area contributed by atoms with E-state index in [2.05, 4.69) is 6.92 Å². The third-order valence-corrected chi connectivity index (χ3v) is 2.51. The number of rotatable bonds is 8. The highest BCUT2D eigenvalue weighted by molar-refractivity contribution is 5.77. The van der Waals surface area contributed by atoms with Crippen molar-refractivity contribution in [3.63, 3.8) is 0 Å². The maximum absolute atomic E-state index is 7.32. The molecule has 0 amide bonds. The number of hydrogen-bond acceptors (Lipinski definition) is 3. The molecule has 100 valence electrons. The Bertz CT molecular complexity index is 380. The first-order chi connectivity index (χ1) is 8.67. The Labute approximate surface area is 109 Å². The van der Waals surface area contributed by atoms with Crippen LogP contribution >= 0.6 is 0 Å². The summed E-state index contributed by atoms with van der Waals surface area (Å²) in [5.74, 6) is 1.62. The molecule has 0 heterocycles. The Balaban J connectivity index is 2.71. The van der Waals surface area contributed by atoms with E-state index in [4.69, 9.17) is 20.6 Å². The Morgan fingerprint density at radius 3 is 2.50 bits per heavy atom. The molecule has 0 aliphatic carbocycles. The first-order valence-electron chi connectivity index (χ1n) is 6.38. The molecule has 0 spiro atoms. The van der Waals surface area contributed by atoms with Crippen LogP contribution in [-0.4, -0.2) is 18.5 Å². The number of hydrogen-bond donors (Lipinski definition) is 2. The van der Waals surface area contributed by atoms with Gasteiger partial charge in [0.05, 0.1) is 12.4 Å². The summed E-state index contributed by atoms with van der Waals surface area (Å²) in [4.78, 5) is 0. The molecule has 4 nitrogen and oxygen atoms in total. The van der Waals surface area contributed by atoms with E-state index < -0.39 is 0 Å². The molecule has 3 N–H and O–H groups in total. The largest absolute Gasteiger partial charge is 0.490 e. The quantitative estimate of drug-likeness (QED) is 0.550. The van der Waals surface area contributed by atoms with Gasteiger partial charge in [-0.05, 0) is 25.0 Å². The summed E-state index contributed by atoms with van der Waals surface area (Å²) in [5.41, 5.74) is 5.41. The van der Waals surface area contributed by atoms with Gasteiger partial charge >= 0.3 is 0 Å². The van der Waals surface area contributed by atoms with Crippen LogP contribution in [0.2, 0.25) is 0 Å². The summed E-state index contributed by atoms with van der Waals surface area (Å²) in [6.07, 6.45) is 2.13. The van der Waals surface area contributed by atoms with Gasteiger partial charge in [0.15, 0.2) is 11.5 Å². The number of benzene rings is 1. The molecule has 0 aliphatic rings. The van der Waals surface area contributed by atoms with Crippen molar-refractivity contribution in [2.45, 2.75) is 39.2 Å². The fourth-order valence-electron chi connectivity index (χ4n) is 1.57. The molecular weight excluding hydrogens is 228 g/mol. The normalized spacial score (nSPS) is 11.9. The molecule has 0 saturated carbocycles. The lowest BCUT2D eigenvalue weighted by molar-refractivity contribution is 0.190. The molecule has 18 heavy (non-hydrogen) atoms. The summed E-state index contributed by atoms with van der Waals surface area (Å²) < 4.78 is 11.5. The zero-order chi connectivity index (χ0) is 13.4. The van der Waals surface area contributed by atoms with E-state index in [0.29, 0.717) is 13.0 Å². The van der Waals surface area contributed by atoms with E-state index in [9.17, 15) is 0 Å². The molecule has 1 unspecified atom stereocenters. The van der Waals surface area contributed by atoms with E-state index in [-0.39, 0.29) is 11.9 Å². The molecule has 0 radical (unpaired) electrons. The van der Waals surface area contributed by atoms with Gasteiger partial charge in [0.2, 0.25) is 0 Å². The second kappa shape index (κ2) is 7.58. The van der Waals surface area contributed by atoms with Crippen molar-refractivity contribution < 1.29 is 9.47 Å². The molecule has 0 aliphatic heterocycles. The van der Waals surface area contributed by atoms with Gasteiger partial charge in [-0.15, -0.1) is 0 Å². The van der Waals surface area contributed by atoms with Crippen LogP contribution in [0.1, 0.15) is 33.1 Å². The molecule has 0 saturated heterocycles. The first kappa shape index (κ1) is 14.4. The van der Waals surface area contributed by atoms with Crippen LogP contribution in [0.4, 0.5) is 0 Å². The highest BCUT2D eigenvalue weighted by Gasteiger charge is 2.12. The average Bonchev–Trinajstić information content (AvgIpc) is 2.36. The van der Waals surface area contributed by atoms with E-state index in [1.54, 1.807) is 0 Å². The minimum absolute atomic E-state index is 0.0751. The van der Waals surface area contributed by atoms with Crippen LogP contribution in [0.25, 0.3) is 0 Å². The summed E-state index contributed by atoms with van der Waals surface area (Å²) in [5, 5.41) is 7.32. The first-order valence-corrected chi connectivity index (χ1v) is 6.38. The monoisotopic (exact) mass is 250 g/mol. The molecule has 4 heteroatoms. The summed E-state index contributed by atoms with van der Waals surface area (Å²) >= 11 is 0. The lowest BCUT2D eigenvalue weighted by Crippen LogP contribution is -2.24. The van der Waals surface area contributed by atoms with Crippen molar-refractivity contribution in [2.24, 2.45) is 5.73 Å². The van der Waals surface area contributed by atoms with Crippen LogP contribution in [0.15, 0.2) is 24.3 Å². The zero-order valence-corrected chi connectivity index (χ0v) is 11.1. The molecule has 1 aromatic rings. The van der Waals surface area contributed by atoms with Crippen molar-refractivity contribution in [1.29, 1.82) is 5.41 Å². The van der Waals surface area contributed by atoms with E-state index in [1.807, 2.05) is 31.2 Å². The van der Waals surface area contributed by atoms with Crippen molar-refractivity contribution >= 4 is 5.84 Å². The van der Waals surface area contributed by atoms with Gasteiger partial charge in [-0.1, -0.05) is 26.0 Å². The maximum atomic E-state index is 7.32. The smallest absolute Gasteiger partial charge is 0.161 e. The Morgan fingerprint density at radius 2 is 1.94 bits per heavy atom. The second-order valence-corrected chi connectivity index (χ2v) is 4.17. The van der Waals surface area contributed by atoms with Crippen molar-refractivity contribution in [3.8, 4) is 11.5 Å². The highest BCUT2D eigenvalue weighted by atomic mass is 16.5. The number of ether oxygens (including phenoxy) is 2. The summed E-state index contributed by atoms with van der Waals surface area (Å²) in [6, 6.07) is 7.61. The molecular formula is C14H22N2O2. The van der Waals surface area contributed by atoms with Gasteiger partial charge in [-0.2, -0.15) is 0 Å². The summed E-state index contributed by atoms with van der Waals surface area (Å²) in [6.45, 7) is 4.75. The number of nitrogens with one attached hydrogen (secondary N) is 1. The Hall–Kier alpha value is -1.71. The van der Waals surface area contributed by atoms with Crippen molar-refractivity contribution in [1.82, 2.24) is 0 Å². The zero-order valence-electron chi connectivity index (χ0n) is 11.1. The van der Waals surface area contributed by atoms with E-state index in [0.717, 1.165) is 24.3 Å². The lowest BCUT2D eigenvalue weighted by Gasteiger charge is -2.19. The van der Waals surface area contributed by atoms with Gasteiger partial charge in [0.1, 0.15) is 6.10 Å². The van der Waals surface area contributed by atoms with Crippen LogP contribution in [0, 0.1) is 5.41 Å². The fourth-order valence-corrected chi connectivity index (χ4v) is 1.57. The Morgan fingerprint density at radius 1 is 1.28 bits per heavy atom. The molecule has 0 bridgehead atoms. The Kier molecular flexibility index (Phi) is 6.05. The van der Waals surface area contributed by atoms with Gasteiger partial charge in [-0.3, -0.25) is 5.41 Å². The SMILES string of the molecule is CCCOc1ccccc1OC(CC)CC(=N)N. The highest BCUT2D eigenvalue weighted by Crippen LogP contribution is 2.28. The van der Waals surface area contributed by atoms with Gasteiger partial charge < -0.3 is 15.2 Å². The third-order valence-electron chi connectivity index (χ3n) is 2.51. The predicted molar refractivity (Wildman–Crippen MR) is 73.5 cm³/mol. The predicted octanol–water partition coefficient (Wildman–Crippen LogP) is 2.96. The van der Waals surface area contributed by atoms with Crippen LogP contribution < -0.4 is 15.2 Å². The average molecular weight is 250 g/mol. The van der Waals surface area contributed by atoms with Crippen LogP contribution in [0.3, 0.4) is 0 Å². The standard InChI is InChI=1S/C14H22N2O2/c1-3-9-17-12-7-5-6-8-13(12)18-11(4-2)10-14(15)16/h5-8,11H,3-4,9-10H2,1-2H3,(H3,15,16). The van der Waals surface area contributed by atoms with E-state index in [1.165, 1.54) is 0 Å². The number of para-hydroxylation sites is 2. The van der Waals surface area contributed by atoms with Crippen molar-refractivity contribution in [2.75, 3.05) is 6.61 Å². The van der Waals surface area contributed by atoms with Crippen LogP contribution in [0.5, 0.6) is 11.5 Å². The number of nitrogens with two attached hydrogens (primary N) is 1. The maximum Gasteiger partial charge on any atom is 0.161 e. The minimum atomic E-state index is -0.0751. The molecule has 0 fully saturated rings. The van der Waals surface area contributed by atoms with Crippen molar-refractivity contribution in [3.05, 3.63) is 24.3 Å². The molecule has 0 aromatic heterocycles.